The number of hydrogen-bond acceptors (Lipinski definition) is 10. The van der Waals surface area contributed by atoms with Crippen molar-refractivity contribution in [2.24, 2.45) is 0 Å². The van der Waals surface area contributed by atoms with Gasteiger partial charge in [0.15, 0.2) is 5.82 Å². The molecule has 2 aromatic rings. The lowest BCUT2D eigenvalue weighted by Crippen LogP contribution is -2.18. The monoisotopic (exact) mass is 528 g/mol. The number of nitrogens with zero attached hydrogens (tertiary/aromatic N) is 5. The molecule has 198 valence electrons. The number of aromatic nitrogens is 5. The highest BCUT2D eigenvalue weighted by atomic mass is 32.2. The molecule has 1 aliphatic carbocycles. The number of carboxylic acid groups (broad SMARTS) is 1. The van der Waals surface area contributed by atoms with Gasteiger partial charge in [0.05, 0.1) is 11.9 Å². The fourth-order valence-corrected chi connectivity index (χ4v) is 4.50. The van der Waals surface area contributed by atoms with E-state index < -0.39 is 5.97 Å². The van der Waals surface area contributed by atoms with E-state index in [1.165, 1.54) is 0 Å². The van der Waals surface area contributed by atoms with Crippen LogP contribution in [0.1, 0.15) is 76.1 Å². The number of amides is 1. The molecule has 2 unspecified atom stereocenters. The van der Waals surface area contributed by atoms with Gasteiger partial charge in [-0.15, -0.1) is 20.4 Å². The summed E-state index contributed by atoms with van der Waals surface area (Å²) >= 11 is 1.16. The second-order valence-corrected chi connectivity index (χ2v) is 10.6. The minimum atomic E-state index is -0.940. The van der Waals surface area contributed by atoms with E-state index in [9.17, 15) is 14.4 Å². The quantitative estimate of drug-likeness (QED) is 0.343. The highest BCUT2D eigenvalue weighted by molar-refractivity contribution is 8.13. The number of carboxylic acids is 1. The summed E-state index contributed by atoms with van der Waals surface area (Å²) in [7, 11) is 0. The highest BCUT2D eigenvalue weighted by Gasteiger charge is 2.23. The minimum Gasteiger partial charge on any atom is -0.481 e. The van der Waals surface area contributed by atoms with Gasteiger partial charge in [-0.3, -0.25) is 14.6 Å². The van der Waals surface area contributed by atoms with Gasteiger partial charge < -0.3 is 15.2 Å². The Hall–Kier alpha value is -3.41. The third-order valence-electron chi connectivity index (χ3n) is 5.66. The largest absolute Gasteiger partial charge is 0.481 e. The van der Waals surface area contributed by atoms with Gasteiger partial charge in [-0.2, -0.15) is 0 Å². The van der Waals surface area contributed by atoms with Crippen LogP contribution in [0.5, 0.6) is 0 Å². The average Bonchev–Trinajstić information content (AvgIpc) is 2.81. The second kappa shape index (κ2) is 13.8. The van der Waals surface area contributed by atoms with Gasteiger partial charge in [0.2, 0.25) is 11.7 Å². The Kier molecular flexibility index (Phi) is 10.5. The number of aryl methyl sites for hydroxylation is 1. The Morgan fingerprint density at radius 3 is 2.59 bits per heavy atom. The van der Waals surface area contributed by atoms with Crippen LogP contribution in [0.4, 0.5) is 10.5 Å². The number of anilines is 1. The zero-order valence-corrected chi connectivity index (χ0v) is 22.0. The van der Waals surface area contributed by atoms with Crippen LogP contribution >= 0.6 is 11.8 Å². The molecule has 1 aliphatic rings. The Balaban J connectivity index is 1.83. The first kappa shape index (κ1) is 28.2. The first-order valence-corrected chi connectivity index (χ1v) is 13.2. The van der Waals surface area contributed by atoms with Crippen LogP contribution < -0.4 is 5.32 Å². The second-order valence-electron chi connectivity index (χ2n) is 9.08. The molecule has 0 bridgehead atoms. The van der Waals surface area contributed by atoms with Crippen molar-refractivity contribution < 1.29 is 24.2 Å². The predicted octanol–water partition coefficient (Wildman–Crippen LogP) is 4.69. The fraction of sp³-hybridized carbons (Fsp3) is 0.520. The normalized spacial score (nSPS) is 18.5. The topological polar surface area (TPSA) is 157 Å². The first-order chi connectivity index (χ1) is 17.7. The van der Waals surface area contributed by atoms with Crippen molar-refractivity contribution in [3.05, 3.63) is 35.8 Å². The third-order valence-corrected chi connectivity index (χ3v) is 6.42. The van der Waals surface area contributed by atoms with Gasteiger partial charge >= 0.3 is 11.3 Å². The Morgan fingerprint density at radius 2 is 1.89 bits per heavy atom. The molecular formula is C25H32N6O5S. The molecule has 0 aliphatic heterocycles. The van der Waals surface area contributed by atoms with Crippen LogP contribution in [0.3, 0.4) is 0 Å². The molecule has 2 N–H and O–H groups in total. The maximum absolute atomic E-state index is 12.6. The molecule has 0 saturated heterocycles. The molecule has 1 amide bonds. The van der Waals surface area contributed by atoms with E-state index in [4.69, 9.17) is 9.84 Å². The van der Waals surface area contributed by atoms with Gasteiger partial charge in [0.25, 0.3) is 0 Å². The van der Waals surface area contributed by atoms with Crippen molar-refractivity contribution in [2.75, 3.05) is 5.32 Å². The highest BCUT2D eigenvalue weighted by Crippen LogP contribution is 2.36. The molecule has 2 atom stereocenters. The molecular weight excluding hydrogens is 496 g/mol. The first-order valence-electron chi connectivity index (χ1n) is 12.3. The van der Waals surface area contributed by atoms with Crippen LogP contribution in [0.15, 0.2) is 24.4 Å². The maximum atomic E-state index is 12.6. The van der Waals surface area contributed by atoms with Crippen LogP contribution in [0.25, 0.3) is 11.5 Å². The SMILES string of the molecule is Cc1nnc(-c2cc(C3CC/C=C/C(OC(=O)SC(C)C)CC3)c(NC(=O)CCCC(=O)O)cn2)nn1. The zero-order valence-electron chi connectivity index (χ0n) is 21.2. The third kappa shape index (κ3) is 9.19. The molecule has 0 fully saturated rings. The summed E-state index contributed by atoms with van der Waals surface area (Å²) in [5.74, 6) is -0.474. The number of nitrogens with one attached hydrogen (secondary N) is 1. The fourth-order valence-electron chi connectivity index (χ4n) is 3.93. The molecule has 0 radical (unpaired) electrons. The Labute approximate surface area is 219 Å². The summed E-state index contributed by atoms with van der Waals surface area (Å²) < 4.78 is 5.66. The molecule has 2 aromatic heterocycles. The molecule has 11 nitrogen and oxygen atoms in total. The molecule has 0 spiro atoms. The molecule has 12 heteroatoms. The van der Waals surface area contributed by atoms with Crippen LogP contribution in [-0.4, -0.2) is 59.0 Å². The van der Waals surface area contributed by atoms with Crippen LogP contribution in [-0.2, 0) is 14.3 Å². The number of hydrogen-bond donors (Lipinski definition) is 2. The van der Waals surface area contributed by atoms with Gasteiger partial charge in [-0.05, 0) is 74.4 Å². The summed E-state index contributed by atoms with van der Waals surface area (Å²) in [6.45, 7) is 5.57. The van der Waals surface area contributed by atoms with Gasteiger partial charge in [0.1, 0.15) is 11.8 Å². The molecule has 37 heavy (non-hydrogen) atoms. The Bertz CT molecular complexity index is 1130. The molecule has 0 aromatic carbocycles. The number of carbonyl (C=O) groups excluding carboxylic acids is 2. The lowest BCUT2D eigenvalue weighted by molar-refractivity contribution is -0.137. The van der Waals surface area contributed by atoms with Crippen molar-refractivity contribution in [3.8, 4) is 11.5 Å². The van der Waals surface area contributed by atoms with Gasteiger partial charge in [-0.1, -0.05) is 19.9 Å². The smallest absolute Gasteiger partial charge is 0.368 e. The predicted molar refractivity (Wildman–Crippen MR) is 139 cm³/mol. The lowest BCUT2D eigenvalue weighted by Gasteiger charge is -2.24. The lowest BCUT2D eigenvalue weighted by atomic mass is 9.86. The number of allylic oxidation sites excluding steroid dienone is 1. The van der Waals surface area contributed by atoms with E-state index in [0.29, 0.717) is 30.0 Å². The molecule has 3 rings (SSSR count). The molecule has 0 saturated carbocycles. The molecule has 2 heterocycles. The summed E-state index contributed by atoms with van der Waals surface area (Å²) in [5.41, 5.74) is 1.89. The van der Waals surface area contributed by atoms with Gasteiger partial charge in [0, 0.05) is 18.1 Å². The van der Waals surface area contributed by atoms with E-state index >= 15 is 0 Å². The van der Waals surface area contributed by atoms with E-state index in [1.807, 2.05) is 32.1 Å². The van der Waals surface area contributed by atoms with Crippen LogP contribution in [0.2, 0.25) is 0 Å². The van der Waals surface area contributed by atoms with Crippen molar-refractivity contribution >= 4 is 34.6 Å². The van der Waals surface area contributed by atoms with Crippen LogP contribution in [0, 0.1) is 6.92 Å². The van der Waals surface area contributed by atoms with E-state index in [2.05, 4.69) is 30.7 Å². The van der Waals surface area contributed by atoms with Crippen molar-refractivity contribution in [1.82, 2.24) is 25.4 Å². The number of carbonyl (C=O) groups is 3. The Morgan fingerprint density at radius 1 is 1.14 bits per heavy atom. The summed E-state index contributed by atoms with van der Waals surface area (Å²) in [4.78, 5) is 40.0. The zero-order chi connectivity index (χ0) is 26.8. The summed E-state index contributed by atoms with van der Waals surface area (Å²) in [5, 5.41) is 27.7. The number of ether oxygens (including phenoxy) is 1. The average molecular weight is 529 g/mol. The van der Waals surface area contributed by atoms with E-state index in [1.54, 1.807) is 13.1 Å². The minimum absolute atomic E-state index is 0.0336. The van der Waals surface area contributed by atoms with Crippen molar-refractivity contribution in [2.45, 2.75) is 83.0 Å². The number of aliphatic carboxylic acids is 1. The van der Waals surface area contributed by atoms with Crippen molar-refractivity contribution in [1.29, 1.82) is 0 Å². The van der Waals surface area contributed by atoms with Gasteiger partial charge in [-0.25, -0.2) is 4.79 Å². The summed E-state index contributed by atoms with van der Waals surface area (Å²) in [6, 6.07) is 1.84. The maximum Gasteiger partial charge on any atom is 0.368 e. The summed E-state index contributed by atoms with van der Waals surface area (Å²) in [6.07, 6.45) is 8.37. The van der Waals surface area contributed by atoms with E-state index in [-0.39, 0.29) is 53.6 Å². The van der Waals surface area contributed by atoms with Crippen molar-refractivity contribution in [3.63, 3.8) is 0 Å². The number of rotatable bonds is 9. The number of pyridine rings is 1. The number of thioether (sulfide) groups is 1. The standard InChI is InChI=1S/C25H32N6O5S/c1-15(2)37-25(35)36-18-8-5-4-7-17(11-12-18)19-13-20(24-30-28-16(3)29-31-24)26-14-21(19)27-22(32)9-6-10-23(33)34/h5,8,13-15,17-18H,4,6-7,9-12H2,1-3H3,(H,27,32)(H,33,34)/b8-5+. The van der Waals surface area contributed by atoms with E-state index in [0.717, 1.165) is 30.2 Å².